The van der Waals surface area contributed by atoms with E-state index in [-0.39, 0.29) is 17.6 Å². The second-order valence-electron chi connectivity index (χ2n) is 10.6. The molecule has 5 atom stereocenters. The Hall–Kier alpha value is -1.63. The van der Waals surface area contributed by atoms with Crippen LogP contribution in [0.2, 0.25) is 0 Å². The summed E-state index contributed by atoms with van der Waals surface area (Å²) in [5.41, 5.74) is 0.100. The lowest BCUT2D eigenvalue weighted by molar-refractivity contribution is -0.210. The third kappa shape index (κ3) is 2.33. The molecule has 2 saturated carbocycles. The fraction of sp³-hybridized carbons (Fsp3) is 0.708. The molecule has 0 aromatic heterocycles. The molecule has 1 aromatic rings. The number of nitrogens with zero attached hydrogens (tertiary/aromatic N) is 1. The highest BCUT2D eigenvalue weighted by Gasteiger charge is 2.75. The average Bonchev–Trinajstić information content (AvgIpc) is 3.44. The number of hydrogen-bond donors (Lipinski definition) is 2. The van der Waals surface area contributed by atoms with E-state index < -0.39 is 23.2 Å². The monoisotopic (exact) mass is 413 g/mol. The SMILES string of the molecule is CC(C)CO[C@H]1C[C@@]2(O)[C@H]3Cc4ccc(O)c5c4[C@@]2(CCN3CC2CC2)[C@@H](O5)C1=O. The molecule has 6 nitrogen and oxygen atoms in total. The molecule has 3 fully saturated rings. The van der Waals surface area contributed by atoms with Crippen LogP contribution in [-0.2, 0) is 21.4 Å². The summed E-state index contributed by atoms with van der Waals surface area (Å²) in [5, 5.41) is 23.0. The van der Waals surface area contributed by atoms with Gasteiger partial charge < -0.3 is 19.7 Å². The van der Waals surface area contributed by atoms with Gasteiger partial charge >= 0.3 is 0 Å². The molecule has 2 bridgehead atoms. The second kappa shape index (κ2) is 6.21. The quantitative estimate of drug-likeness (QED) is 0.770. The van der Waals surface area contributed by atoms with Crippen LogP contribution < -0.4 is 4.74 Å². The zero-order chi connectivity index (χ0) is 20.8. The van der Waals surface area contributed by atoms with Crippen molar-refractivity contribution in [2.45, 2.75) is 75.2 Å². The Morgan fingerprint density at radius 1 is 1.33 bits per heavy atom. The maximum absolute atomic E-state index is 13.5. The first-order chi connectivity index (χ1) is 14.3. The smallest absolute Gasteiger partial charge is 0.203 e. The third-order valence-corrected chi connectivity index (χ3v) is 8.22. The lowest BCUT2D eigenvalue weighted by atomic mass is 9.48. The van der Waals surface area contributed by atoms with E-state index in [1.807, 2.05) is 6.07 Å². The predicted octanol–water partition coefficient (Wildman–Crippen LogP) is 2.18. The van der Waals surface area contributed by atoms with E-state index in [9.17, 15) is 15.0 Å². The van der Waals surface area contributed by atoms with E-state index in [0.717, 1.165) is 36.6 Å². The molecule has 2 N–H and O–H groups in total. The van der Waals surface area contributed by atoms with Crippen molar-refractivity contribution in [2.24, 2.45) is 11.8 Å². The van der Waals surface area contributed by atoms with Crippen molar-refractivity contribution in [2.75, 3.05) is 19.7 Å². The number of phenols is 1. The highest BCUT2D eigenvalue weighted by molar-refractivity contribution is 5.93. The summed E-state index contributed by atoms with van der Waals surface area (Å²) in [7, 11) is 0. The summed E-state index contributed by atoms with van der Waals surface area (Å²) in [6, 6.07) is 3.57. The van der Waals surface area contributed by atoms with Gasteiger partial charge in [0.2, 0.25) is 5.78 Å². The van der Waals surface area contributed by atoms with Crippen LogP contribution in [0.4, 0.5) is 0 Å². The Kier molecular flexibility index (Phi) is 3.95. The van der Waals surface area contributed by atoms with E-state index in [2.05, 4.69) is 18.7 Å². The van der Waals surface area contributed by atoms with Crippen LogP contribution in [-0.4, -0.2) is 64.4 Å². The number of ketones is 1. The van der Waals surface area contributed by atoms with Crippen LogP contribution in [0.3, 0.4) is 0 Å². The fourth-order valence-corrected chi connectivity index (χ4v) is 6.71. The predicted molar refractivity (Wildman–Crippen MR) is 110 cm³/mol. The molecule has 30 heavy (non-hydrogen) atoms. The van der Waals surface area contributed by atoms with Gasteiger partial charge in [0.25, 0.3) is 0 Å². The third-order valence-electron chi connectivity index (χ3n) is 8.22. The van der Waals surface area contributed by atoms with Gasteiger partial charge in [0.05, 0.1) is 11.0 Å². The maximum atomic E-state index is 13.5. The number of aromatic hydroxyl groups is 1. The number of Topliss-reactive ketones (excluding diaryl/α,β-unsaturated/α-hetero) is 1. The number of piperidine rings is 1. The molecule has 3 aliphatic carbocycles. The van der Waals surface area contributed by atoms with Gasteiger partial charge in [0.15, 0.2) is 17.6 Å². The molecule has 6 rings (SSSR count). The van der Waals surface area contributed by atoms with Gasteiger partial charge in [0, 0.05) is 31.2 Å². The summed E-state index contributed by atoms with van der Waals surface area (Å²) in [5.74, 6) is 1.42. The highest BCUT2D eigenvalue weighted by atomic mass is 16.5. The minimum atomic E-state index is -1.10. The van der Waals surface area contributed by atoms with Crippen LogP contribution in [0.25, 0.3) is 0 Å². The Morgan fingerprint density at radius 3 is 2.87 bits per heavy atom. The van der Waals surface area contributed by atoms with Crippen LogP contribution in [0.15, 0.2) is 12.1 Å². The molecular weight excluding hydrogens is 382 g/mol. The van der Waals surface area contributed by atoms with Gasteiger partial charge in [-0.1, -0.05) is 19.9 Å². The van der Waals surface area contributed by atoms with Gasteiger partial charge in [-0.15, -0.1) is 0 Å². The lowest BCUT2D eigenvalue weighted by Gasteiger charge is -2.63. The number of benzene rings is 1. The van der Waals surface area contributed by atoms with Crippen LogP contribution in [0.5, 0.6) is 11.5 Å². The molecule has 162 valence electrons. The lowest BCUT2D eigenvalue weighted by Crippen LogP contribution is -2.78. The Labute approximate surface area is 177 Å². The van der Waals surface area contributed by atoms with Gasteiger partial charge in [-0.05, 0) is 55.7 Å². The molecule has 6 heteroatoms. The summed E-state index contributed by atoms with van der Waals surface area (Å²) >= 11 is 0. The number of likely N-dealkylation sites (tertiary alicyclic amines) is 1. The van der Waals surface area contributed by atoms with Gasteiger partial charge in [-0.3, -0.25) is 9.69 Å². The Morgan fingerprint density at radius 2 is 2.13 bits per heavy atom. The first-order valence-electron chi connectivity index (χ1n) is 11.5. The minimum Gasteiger partial charge on any atom is -0.504 e. The maximum Gasteiger partial charge on any atom is 0.203 e. The summed E-state index contributed by atoms with van der Waals surface area (Å²) in [6.07, 6.45) is 2.77. The van der Waals surface area contributed by atoms with Crippen molar-refractivity contribution in [3.63, 3.8) is 0 Å². The molecule has 0 radical (unpaired) electrons. The molecule has 0 amide bonds. The fourth-order valence-electron chi connectivity index (χ4n) is 6.71. The molecule has 1 spiro atoms. The average molecular weight is 414 g/mol. The van der Waals surface area contributed by atoms with Crippen molar-refractivity contribution in [1.82, 2.24) is 4.90 Å². The number of carbonyl (C=O) groups is 1. The molecular formula is C24H31NO5. The Balaban J connectivity index is 1.48. The zero-order valence-corrected chi connectivity index (χ0v) is 17.8. The van der Waals surface area contributed by atoms with Crippen molar-refractivity contribution in [1.29, 1.82) is 0 Å². The van der Waals surface area contributed by atoms with E-state index >= 15 is 0 Å². The summed E-state index contributed by atoms with van der Waals surface area (Å²) in [6.45, 7) is 6.46. The van der Waals surface area contributed by atoms with E-state index in [1.54, 1.807) is 6.07 Å². The van der Waals surface area contributed by atoms with E-state index in [4.69, 9.17) is 9.47 Å². The van der Waals surface area contributed by atoms with Gasteiger partial charge in [-0.25, -0.2) is 0 Å². The summed E-state index contributed by atoms with van der Waals surface area (Å²) < 4.78 is 12.2. The number of phenolic OH excluding ortho intramolecular Hbond substituents is 1. The number of aliphatic hydroxyl groups is 1. The number of carbonyl (C=O) groups excluding carboxylic acids is 1. The molecule has 5 aliphatic rings. The normalized spacial score (nSPS) is 39.2. The largest absolute Gasteiger partial charge is 0.504 e. The first kappa shape index (κ1) is 19.1. The molecule has 1 aromatic carbocycles. The van der Waals surface area contributed by atoms with Crippen LogP contribution in [0.1, 0.15) is 50.7 Å². The summed E-state index contributed by atoms with van der Waals surface area (Å²) in [4.78, 5) is 16.0. The van der Waals surface area contributed by atoms with Gasteiger partial charge in [-0.2, -0.15) is 0 Å². The van der Waals surface area contributed by atoms with E-state index in [0.29, 0.717) is 31.1 Å². The van der Waals surface area contributed by atoms with Crippen molar-refractivity contribution < 1.29 is 24.5 Å². The molecule has 2 heterocycles. The molecule has 0 unspecified atom stereocenters. The highest BCUT2D eigenvalue weighted by Crippen LogP contribution is 2.65. The van der Waals surface area contributed by atoms with E-state index in [1.165, 1.54) is 12.8 Å². The van der Waals surface area contributed by atoms with Gasteiger partial charge in [0.1, 0.15) is 6.10 Å². The number of rotatable bonds is 5. The molecule has 2 aliphatic heterocycles. The number of hydrogen-bond acceptors (Lipinski definition) is 6. The second-order valence-corrected chi connectivity index (χ2v) is 10.6. The Bertz CT molecular complexity index is 911. The zero-order valence-electron chi connectivity index (χ0n) is 17.8. The standard InChI is InChI=1S/C24H31NO5/c1-13(2)12-29-17-10-24(28)18-9-15-5-6-16(26)21-19(15)23(24,22(30-21)20(17)27)7-8-25(18)11-14-3-4-14/h5-6,13-14,17-18,22,26,28H,3-4,7-12H2,1-2H3/t17-,18+,22-,23-,24+/m0/s1. The number of ether oxygens (including phenoxy) is 2. The first-order valence-corrected chi connectivity index (χ1v) is 11.5. The van der Waals surface area contributed by atoms with Crippen molar-refractivity contribution in [3.8, 4) is 11.5 Å². The topological polar surface area (TPSA) is 79.2 Å². The van der Waals surface area contributed by atoms with Crippen molar-refractivity contribution >= 4 is 5.78 Å². The van der Waals surface area contributed by atoms with Crippen LogP contribution >= 0.6 is 0 Å². The molecule has 1 saturated heterocycles. The van der Waals surface area contributed by atoms with Crippen molar-refractivity contribution in [3.05, 3.63) is 23.3 Å². The van der Waals surface area contributed by atoms with Crippen LogP contribution in [0, 0.1) is 11.8 Å². The minimum absolute atomic E-state index is 0.0563.